The van der Waals surface area contributed by atoms with Gasteiger partial charge < -0.3 is 15.5 Å². The molecular formula is C17H14ClN3O5S3. The number of nitrogens with zero attached hydrogens (tertiary/aromatic N) is 2. The summed E-state index contributed by atoms with van der Waals surface area (Å²) in [5, 5.41) is 22.8. The molecule has 0 unspecified atom stereocenters. The first-order chi connectivity index (χ1) is 13.7. The Labute approximate surface area is 182 Å². The maximum Gasteiger partial charge on any atom is 0.414 e. The standard InChI is InChI=1S/C15H12ClN3OS3.C2H2O4/c1-9-6-21-14(17-9)19-13(20)8-23-15-18-12(7-22-15)10-2-4-11(16)5-3-10;3-1(4)2(5)6/h2-7H,8H2,1H3,(H,17,19,20);(H,3,4)(H,5,6). The van der Waals surface area contributed by atoms with Crippen molar-refractivity contribution in [1.82, 2.24) is 9.97 Å². The summed E-state index contributed by atoms with van der Waals surface area (Å²) in [5.74, 6) is -3.41. The number of rotatable bonds is 5. The third-order valence-corrected chi connectivity index (χ3v) is 6.15. The zero-order valence-electron chi connectivity index (χ0n) is 14.8. The van der Waals surface area contributed by atoms with E-state index in [0.717, 1.165) is 21.3 Å². The first kappa shape index (κ1) is 22.8. The monoisotopic (exact) mass is 471 g/mol. The highest BCUT2D eigenvalue weighted by Crippen LogP contribution is 2.29. The molecule has 0 fully saturated rings. The molecule has 0 saturated heterocycles. The van der Waals surface area contributed by atoms with Crippen molar-refractivity contribution in [2.75, 3.05) is 11.1 Å². The zero-order chi connectivity index (χ0) is 21.4. The van der Waals surface area contributed by atoms with Gasteiger partial charge in [-0.3, -0.25) is 4.79 Å². The van der Waals surface area contributed by atoms with Crippen LogP contribution in [0.1, 0.15) is 5.69 Å². The SMILES string of the molecule is Cc1csc(NC(=O)CSc2nc(-c3ccc(Cl)cc3)cs2)n1.O=C(O)C(=O)O. The second-order valence-electron chi connectivity index (χ2n) is 5.25. The number of aryl methyl sites for hydroxylation is 1. The largest absolute Gasteiger partial charge is 0.473 e. The number of amides is 1. The van der Waals surface area contributed by atoms with Gasteiger partial charge in [0, 0.05) is 21.3 Å². The second kappa shape index (κ2) is 10.9. The Balaban J connectivity index is 0.000000438. The molecule has 0 aliphatic heterocycles. The summed E-state index contributed by atoms with van der Waals surface area (Å²) in [6.45, 7) is 1.90. The van der Waals surface area contributed by atoms with E-state index in [1.54, 1.807) is 0 Å². The molecule has 1 amide bonds. The molecule has 0 saturated carbocycles. The number of aromatic nitrogens is 2. The number of hydrogen-bond donors (Lipinski definition) is 3. The third kappa shape index (κ3) is 7.81. The van der Waals surface area contributed by atoms with Crippen LogP contribution in [0.4, 0.5) is 5.13 Å². The highest BCUT2D eigenvalue weighted by atomic mass is 35.5. The lowest BCUT2D eigenvalue weighted by atomic mass is 10.2. The van der Waals surface area contributed by atoms with E-state index in [2.05, 4.69) is 15.3 Å². The minimum Gasteiger partial charge on any atom is -0.473 e. The van der Waals surface area contributed by atoms with Gasteiger partial charge in [0.15, 0.2) is 9.47 Å². The Bertz CT molecular complexity index is 992. The van der Waals surface area contributed by atoms with Crippen molar-refractivity contribution >= 4 is 69.0 Å². The normalized spacial score (nSPS) is 10.0. The van der Waals surface area contributed by atoms with Gasteiger partial charge in [-0.1, -0.05) is 35.5 Å². The molecule has 1 aromatic carbocycles. The molecule has 3 N–H and O–H groups in total. The minimum absolute atomic E-state index is 0.0763. The molecule has 0 aliphatic carbocycles. The van der Waals surface area contributed by atoms with Crippen molar-refractivity contribution in [3.63, 3.8) is 0 Å². The van der Waals surface area contributed by atoms with E-state index in [4.69, 9.17) is 31.4 Å². The number of carboxylic acid groups (broad SMARTS) is 2. The van der Waals surface area contributed by atoms with Crippen LogP contribution in [0.15, 0.2) is 39.4 Å². The maximum atomic E-state index is 11.9. The van der Waals surface area contributed by atoms with Gasteiger partial charge in [0.25, 0.3) is 0 Å². The van der Waals surface area contributed by atoms with Crippen molar-refractivity contribution in [1.29, 1.82) is 0 Å². The molecule has 0 atom stereocenters. The highest BCUT2D eigenvalue weighted by molar-refractivity contribution is 8.01. The summed E-state index contributed by atoms with van der Waals surface area (Å²) in [6.07, 6.45) is 0. The molecule has 3 rings (SSSR count). The van der Waals surface area contributed by atoms with Crippen molar-refractivity contribution in [3.05, 3.63) is 45.7 Å². The molecule has 152 valence electrons. The number of aliphatic carboxylic acids is 2. The van der Waals surface area contributed by atoms with E-state index in [9.17, 15) is 4.79 Å². The molecule has 3 aromatic rings. The van der Waals surface area contributed by atoms with Crippen LogP contribution < -0.4 is 5.32 Å². The van der Waals surface area contributed by atoms with Crippen LogP contribution in [0.5, 0.6) is 0 Å². The first-order valence-corrected chi connectivity index (χ1v) is 10.9. The van der Waals surface area contributed by atoms with E-state index in [0.29, 0.717) is 15.9 Å². The average Bonchev–Trinajstić information content (AvgIpc) is 3.30. The van der Waals surface area contributed by atoms with Crippen molar-refractivity contribution in [2.24, 2.45) is 0 Å². The number of carboxylic acids is 2. The van der Waals surface area contributed by atoms with E-state index in [1.807, 2.05) is 41.9 Å². The first-order valence-electron chi connectivity index (χ1n) is 7.77. The number of carbonyl (C=O) groups is 3. The highest BCUT2D eigenvalue weighted by Gasteiger charge is 2.10. The Morgan fingerprint density at radius 3 is 2.28 bits per heavy atom. The number of nitrogens with one attached hydrogen (secondary N) is 1. The predicted molar refractivity (Wildman–Crippen MR) is 114 cm³/mol. The second-order valence-corrected chi connectivity index (χ2v) is 8.62. The van der Waals surface area contributed by atoms with Crippen LogP contribution in [0.25, 0.3) is 11.3 Å². The summed E-state index contributed by atoms with van der Waals surface area (Å²) < 4.78 is 0.861. The summed E-state index contributed by atoms with van der Waals surface area (Å²) in [4.78, 5) is 38.9. The Kier molecular flexibility index (Phi) is 8.58. The number of carbonyl (C=O) groups excluding carboxylic acids is 1. The topological polar surface area (TPSA) is 129 Å². The van der Waals surface area contributed by atoms with E-state index in [1.165, 1.54) is 34.4 Å². The minimum atomic E-state index is -1.82. The molecule has 0 aliphatic rings. The van der Waals surface area contributed by atoms with E-state index >= 15 is 0 Å². The number of halogens is 1. The smallest absolute Gasteiger partial charge is 0.414 e. The number of anilines is 1. The van der Waals surface area contributed by atoms with Crippen molar-refractivity contribution in [2.45, 2.75) is 11.3 Å². The van der Waals surface area contributed by atoms with Crippen molar-refractivity contribution < 1.29 is 24.6 Å². The number of benzene rings is 1. The van der Waals surface area contributed by atoms with Crippen LogP contribution in [-0.4, -0.2) is 43.8 Å². The fourth-order valence-electron chi connectivity index (χ4n) is 1.77. The lowest BCUT2D eigenvalue weighted by Crippen LogP contribution is -2.13. The predicted octanol–water partition coefficient (Wildman–Crippen LogP) is 4.11. The molecular weight excluding hydrogens is 458 g/mol. The van der Waals surface area contributed by atoms with Gasteiger partial charge in [-0.25, -0.2) is 19.6 Å². The average molecular weight is 472 g/mol. The number of thiazole rings is 2. The molecule has 0 spiro atoms. The summed E-state index contributed by atoms with van der Waals surface area (Å²) in [7, 11) is 0. The van der Waals surface area contributed by atoms with E-state index < -0.39 is 11.9 Å². The van der Waals surface area contributed by atoms with Crippen LogP contribution >= 0.6 is 46.0 Å². The lowest BCUT2D eigenvalue weighted by molar-refractivity contribution is -0.159. The molecule has 8 nitrogen and oxygen atoms in total. The van der Waals surface area contributed by atoms with Gasteiger partial charge in [0.05, 0.1) is 17.1 Å². The Morgan fingerprint density at radius 1 is 1.07 bits per heavy atom. The van der Waals surface area contributed by atoms with Crippen LogP contribution in [0, 0.1) is 6.92 Å². The molecule has 0 radical (unpaired) electrons. The summed E-state index contributed by atoms with van der Waals surface area (Å²) in [5.41, 5.74) is 2.82. The van der Waals surface area contributed by atoms with Gasteiger partial charge in [-0.2, -0.15) is 0 Å². The third-order valence-electron chi connectivity index (χ3n) is 3.00. The van der Waals surface area contributed by atoms with Crippen LogP contribution in [0.2, 0.25) is 5.02 Å². The van der Waals surface area contributed by atoms with Crippen LogP contribution in [0.3, 0.4) is 0 Å². The van der Waals surface area contributed by atoms with Crippen molar-refractivity contribution in [3.8, 4) is 11.3 Å². The quantitative estimate of drug-likeness (QED) is 0.374. The number of thioether (sulfide) groups is 1. The summed E-state index contributed by atoms with van der Waals surface area (Å²) in [6, 6.07) is 7.55. The molecule has 2 heterocycles. The van der Waals surface area contributed by atoms with Gasteiger partial charge in [-0.05, 0) is 19.1 Å². The molecule has 29 heavy (non-hydrogen) atoms. The Morgan fingerprint density at radius 2 is 1.72 bits per heavy atom. The summed E-state index contributed by atoms with van der Waals surface area (Å²) >= 11 is 10.3. The fraction of sp³-hybridized carbons (Fsp3) is 0.118. The lowest BCUT2D eigenvalue weighted by Gasteiger charge is -1.99. The number of hydrogen-bond acceptors (Lipinski definition) is 8. The van der Waals surface area contributed by atoms with Crippen LogP contribution in [-0.2, 0) is 14.4 Å². The molecule has 2 aromatic heterocycles. The van der Waals surface area contributed by atoms with Gasteiger partial charge >= 0.3 is 11.9 Å². The Hall–Kier alpha value is -2.47. The fourth-order valence-corrected chi connectivity index (χ4v) is 4.24. The molecule has 12 heteroatoms. The zero-order valence-corrected chi connectivity index (χ0v) is 18.0. The maximum absolute atomic E-state index is 11.9. The van der Waals surface area contributed by atoms with Gasteiger partial charge in [0.1, 0.15) is 0 Å². The molecule has 0 bridgehead atoms. The van der Waals surface area contributed by atoms with Gasteiger partial charge in [-0.15, -0.1) is 22.7 Å². The van der Waals surface area contributed by atoms with Gasteiger partial charge in [0.2, 0.25) is 5.91 Å². The van der Waals surface area contributed by atoms with E-state index in [-0.39, 0.29) is 5.91 Å².